The smallest absolute Gasteiger partial charge is 0.274 e. The monoisotopic (exact) mass is 333 g/mol. The van der Waals surface area contributed by atoms with E-state index in [0.717, 1.165) is 39.3 Å². The number of amides is 1. The molecule has 2 fully saturated rings. The van der Waals surface area contributed by atoms with Crippen LogP contribution in [0.4, 0.5) is 5.69 Å². The summed E-state index contributed by atoms with van der Waals surface area (Å²) in [7, 11) is 0. The lowest BCUT2D eigenvalue weighted by Gasteiger charge is -2.37. The molecule has 3 rings (SSSR count). The van der Waals surface area contributed by atoms with E-state index in [0.29, 0.717) is 18.2 Å². The Labute approximate surface area is 140 Å². The number of carbonyl (C=O) groups is 1. The van der Waals surface area contributed by atoms with E-state index < -0.39 is 10.8 Å². The highest BCUT2D eigenvalue weighted by molar-refractivity contribution is 5.93. The van der Waals surface area contributed by atoms with Crippen molar-refractivity contribution in [3.63, 3.8) is 0 Å². The minimum absolute atomic E-state index is 0.0336. The molecule has 0 bridgehead atoms. The van der Waals surface area contributed by atoms with Gasteiger partial charge >= 0.3 is 0 Å². The first-order chi connectivity index (χ1) is 11.5. The Kier molecular flexibility index (Phi) is 5.08. The van der Waals surface area contributed by atoms with Gasteiger partial charge in [0.1, 0.15) is 0 Å². The van der Waals surface area contributed by atoms with Crippen LogP contribution in [-0.4, -0.2) is 65.9 Å². The van der Waals surface area contributed by atoms with E-state index in [1.54, 1.807) is 12.1 Å². The lowest BCUT2D eigenvalue weighted by molar-refractivity contribution is -0.385. The number of primary amides is 1. The number of hydrogen-bond donors (Lipinski definition) is 2. The van der Waals surface area contributed by atoms with Crippen molar-refractivity contribution in [1.29, 1.82) is 0 Å². The molecular weight excluding hydrogens is 310 g/mol. The van der Waals surface area contributed by atoms with Crippen LogP contribution < -0.4 is 11.1 Å². The Morgan fingerprint density at radius 2 is 2.08 bits per heavy atom. The van der Waals surface area contributed by atoms with Crippen LogP contribution in [0, 0.1) is 10.1 Å². The molecule has 0 saturated carbocycles. The van der Waals surface area contributed by atoms with Gasteiger partial charge in [-0.3, -0.25) is 24.7 Å². The van der Waals surface area contributed by atoms with Crippen LogP contribution in [0.25, 0.3) is 0 Å². The fraction of sp³-hybridized carbons (Fsp3) is 0.562. The predicted molar refractivity (Wildman–Crippen MR) is 89.7 cm³/mol. The molecule has 2 heterocycles. The van der Waals surface area contributed by atoms with Crippen LogP contribution in [0.15, 0.2) is 18.2 Å². The number of nitro groups is 1. The summed E-state index contributed by atoms with van der Waals surface area (Å²) < 4.78 is 0. The van der Waals surface area contributed by atoms with Crippen LogP contribution in [-0.2, 0) is 6.54 Å². The highest BCUT2D eigenvalue weighted by Gasteiger charge is 2.27. The third-order valence-corrected chi connectivity index (χ3v) is 4.92. The van der Waals surface area contributed by atoms with Crippen molar-refractivity contribution in [2.24, 2.45) is 5.73 Å². The molecular formula is C16H23N5O3. The Morgan fingerprint density at radius 1 is 1.33 bits per heavy atom. The van der Waals surface area contributed by atoms with E-state index in [1.807, 2.05) is 0 Å². The Hall–Kier alpha value is -2.03. The van der Waals surface area contributed by atoms with E-state index in [1.165, 1.54) is 12.5 Å². The first-order valence-corrected chi connectivity index (χ1v) is 8.29. The lowest BCUT2D eigenvalue weighted by atomic mass is 10.1. The van der Waals surface area contributed by atoms with Gasteiger partial charge in [-0.15, -0.1) is 0 Å². The van der Waals surface area contributed by atoms with Gasteiger partial charge in [0.25, 0.3) is 5.69 Å². The lowest BCUT2D eigenvalue weighted by Crippen LogP contribution is -2.50. The fourth-order valence-corrected chi connectivity index (χ4v) is 3.50. The number of nitrogens with one attached hydrogen (secondary N) is 1. The molecule has 8 nitrogen and oxygen atoms in total. The number of nitro benzene ring substituents is 1. The summed E-state index contributed by atoms with van der Waals surface area (Å²) in [4.78, 5) is 26.8. The van der Waals surface area contributed by atoms with Gasteiger partial charge in [-0.25, -0.2) is 0 Å². The van der Waals surface area contributed by atoms with Crippen LogP contribution >= 0.6 is 0 Å². The zero-order valence-corrected chi connectivity index (χ0v) is 13.6. The predicted octanol–water partition coefficient (Wildman–Crippen LogP) is 0.173. The second-order valence-corrected chi connectivity index (χ2v) is 6.42. The topological polar surface area (TPSA) is 105 Å². The second-order valence-electron chi connectivity index (χ2n) is 6.42. The van der Waals surface area contributed by atoms with Crippen molar-refractivity contribution in [2.75, 3.05) is 39.3 Å². The summed E-state index contributed by atoms with van der Waals surface area (Å²) in [6.07, 6.45) is 1.19. The molecule has 2 aliphatic heterocycles. The number of carbonyl (C=O) groups excluding carboxylic acids is 1. The molecule has 2 aliphatic rings. The second kappa shape index (κ2) is 7.25. The Bertz CT molecular complexity index is 622. The highest BCUT2D eigenvalue weighted by Crippen LogP contribution is 2.23. The molecule has 1 aromatic rings. The molecule has 1 unspecified atom stereocenters. The number of hydrogen-bond acceptors (Lipinski definition) is 6. The van der Waals surface area contributed by atoms with E-state index in [-0.39, 0.29) is 11.3 Å². The van der Waals surface area contributed by atoms with E-state index in [9.17, 15) is 14.9 Å². The Balaban J connectivity index is 1.64. The van der Waals surface area contributed by atoms with Crippen LogP contribution in [0.5, 0.6) is 0 Å². The van der Waals surface area contributed by atoms with Crippen molar-refractivity contribution >= 4 is 11.6 Å². The molecule has 0 radical (unpaired) electrons. The molecule has 3 N–H and O–H groups in total. The van der Waals surface area contributed by atoms with Crippen molar-refractivity contribution < 1.29 is 9.72 Å². The van der Waals surface area contributed by atoms with Gasteiger partial charge < -0.3 is 11.1 Å². The van der Waals surface area contributed by atoms with E-state index in [4.69, 9.17) is 5.73 Å². The molecule has 1 atom stereocenters. The number of benzene rings is 1. The molecule has 0 aliphatic carbocycles. The number of nitrogens with zero attached hydrogens (tertiary/aromatic N) is 3. The van der Waals surface area contributed by atoms with Gasteiger partial charge in [-0.1, -0.05) is 6.07 Å². The molecule has 1 amide bonds. The zero-order chi connectivity index (χ0) is 17.1. The summed E-state index contributed by atoms with van der Waals surface area (Å²) in [6.45, 7) is 6.42. The first kappa shape index (κ1) is 16.8. The SMILES string of the molecule is NC(=O)c1ccc(CN2CCN(C3CCNC3)CC2)c([N+](=O)[O-])c1. The van der Waals surface area contributed by atoms with Crippen molar-refractivity contribution in [1.82, 2.24) is 15.1 Å². The van der Waals surface area contributed by atoms with Gasteiger partial charge in [0, 0.05) is 62.5 Å². The average molecular weight is 333 g/mol. The molecule has 0 aromatic heterocycles. The number of nitrogens with two attached hydrogens (primary N) is 1. The van der Waals surface area contributed by atoms with Gasteiger partial charge in [0.05, 0.1) is 4.92 Å². The van der Waals surface area contributed by atoms with Gasteiger partial charge in [-0.2, -0.15) is 0 Å². The minimum Gasteiger partial charge on any atom is -0.366 e. The van der Waals surface area contributed by atoms with E-state index in [2.05, 4.69) is 15.1 Å². The normalized spacial score (nSPS) is 22.6. The molecule has 24 heavy (non-hydrogen) atoms. The zero-order valence-electron chi connectivity index (χ0n) is 13.6. The number of piperazine rings is 1. The largest absolute Gasteiger partial charge is 0.366 e. The van der Waals surface area contributed by atoms with Crippen LogP contribution in [0.3, 0.4) is 0 Å². The van der Waals surface area contributed by atoms with Gasteiger partial charge in [0.2, 0.25) is 5.91 Å². The van der Waals surface area contributed by atoms with Crippen LogP contribution in [0.1, 0.15) is 22.3 Å². The van der Waals surface area contributed by atoms with Crippen LogP contribution in [0.2, 0.25) is 0 Å². The quantitative estimate of drug-likeness (QED) is 0.588. The van der Waals surface area contributed by atoms with Crippen molar-refractivity contribution in [3.05, 3.63) is 39.4 Å². The number of rotatable bonds is 5. The first-order valence-electron chi connectivity index (χ1n) is 8.29. The van der Waals surface area contributed by atoms with Crippen molar-refractivity contribution in [3.8, 4) is 0 Å². The standard InChI is InChI=1S/C16H23N5O3/c17-16(22)12-1-2-13(15(9-12)21(23)24)11-19-5-7-20(8-6-19)14-3-4-18-10-14/h1-2,9,14,18H,3-8,10-11H2,(H2,17,22). The third kappa shape index (κ3) is 3.72. The van der Waals surface area contributed by atoms with E-state index >= 15 is 0 Å². The highest BCUT2D eigenvalue weighted by atomic mass is 16.6. The minimum atomic E-state index is -0.650. The Morgan fingerprint density at radius 3 is 2.67 bits per heavy atom. The maximum Gasteiger partial charge on any atom is 0.274 e. The maximum atomic E-state index is 11.3. The van der Waals surface area contributed by atoms with Crippen molar-refractivity contribution in [2.45, 2.75) is 19.0 Å². The summed E-state index contributed by atoms with van der Waals surface area (Å²) >= 11 is 0. The fourth-order valence-electron chi connectivity index (χ4n) is 3.50. The molecule has 130 valence electrons. The maximum absolute atomic E-state index is 11.3. The molecule has 1 aromatic carbocycles. The molecule has 0 spiro atoms. The summed E-state index contributed by atoms with van der Waals surface area (Å²) in [5.41, 5.74) is 5.97. The van der Waals surface area contributed by atoms with Gasteiger partial charge in [0.15, 0.2) is 0 Å². The molecule has 2 saturated heterocycles. The average Bonchev–Trinajstić information content (AvgIpc) is 3.10. The summed E-state index contributed by atoms with van der Waals surface area (Å²) in [5.74, 6) is -0.650. The summed E-state index contributed by atoms with van der Waals surface area (Å²) in [6, 6.07) is 5.10. The molecule has 8 heteroatoms. The third-order valence-electron chi connectivity index (χ3n) is 4.92. The van der Waals surface area contributed by atoms with Gasteiger partial charge in [-0.05, 0) is 19.0 Å². The summed E-state index contributed by atoms with van der Waals surface area (Å²) in [5, 5.41) is 14.7.